The molecule has 2 N–H and O–H groups in total. The van der Waals surface area contributed by atoms with E-state index in [1.807, 2.05) is 58.0 Å². The van der Waals surface area contributed by atoms with Crippen molar-refractivity contribution in [1.82, 2.24) is 4.31 Å². The van der Waals surface area contributed by atoms with Crippen molar-refractivity contribution in [3.8, 4) is 0 Å². The second kappa shape index (κ2) is 9.18. The molecule has 0 aliphatic carbocycles. The van der Waals surface area contributed by atoms with E-state index in [0.29, 0.717) is 37.6 Å². The van der Waals surface area contributed by atoms with Gasteiger partial charge in [-0.3, -0.25) is 4.79 Å². The van der Waals surface area contributed by atoms with Gasteiger partial charge in [0.1, 0.15) is 0 Å². The number of quaternary nitrogens is 1. The van der Waals surface area contributed by atoms with E-state index in [9.17, 15) is 13.2 Å². The summed E-state index contributed by atoms with van der Waals surface area (Å²) < 4.78 is 29.1. The molecule has 162 valence electrons. The summed E-state index contributed by atoms with van der Waals surface area (Å²) in [4.78, 5) is 13.9. The maximum atomic E-state index is 13.4. The number of rotatable bonds is 5. The van der Waals surface area contributed by atoms with Crippen LogP contribution in [0, 0.1) is 27.7 Å². The predicted octanol–water partition coefficient (Wildman–Crippen LogP) is 2.21. The summed E-state index contributed by atoms with van der Waals surface area (Å²) in [5.74, 6) is -0.0748. The lowest BCUT2D eigenvalue weighted by Gasteiger charge is -2.32. The number of nitrogens with one attached hydrogen (secondary N) is 2. The van der Waals surface area contributed by atoms with E-state index in [0.717, 1.165) is 37.3 Å². The fourth-order valence-electron chi connectivity index (χ4n) is 3.90. The van der Waals surface area contributed by atoms with Crippen molar-refractivity contribution in [2.75, 3.05) is 38.0 Å². The van der Waals surface area contributed by atoms with Gasteiger partial charge in [0.25, 0.3) is 5.91 Å². The number of piperazine rings is 1. The number of anilines is 1. The second-order valence-corrected chi connectivity index (χ2v) is 10.7. The van der Waals surface area contributed by atoms with Crippen LogP contribution >= 0.6 is 15.9 Å². The Morgan fingerprint density at radius 3 is 2.20 bits per heavy atom. The third-order valence-corrected chi connectivity index (χ3v) is 8.75. The molecule has 1 amide bonds. The number of carbonyl (C=O) groups is 1. The van der Waals surface area contributed by atoms with Crippen molar-refractivity contribution in [1.29, 1.82) is 0 Å². The van der Waals surface area contributed by atoms with Gasteiger partial charge in [0, 0.05) is 4.47 Å². The van der Waals surface area contributed by atoms with Gasteiger partial charge in [-0.2, -0.15) is 4.31 Å². The first-order valence-electron chi connectivity index (χ1n) is 10.1. The van der Waals surface area contributed by atoms with Crippen molar-refractivity contribution in [2.45, 2.75) is 32.6 Å². The highest BCUT2D eigenvalue weighted by Gasteiger charge is 2.33. The standard InChI is InChI=1S/C22H28BrN3O3S/c1-15-13-16(2)18(4)22(17(15)3)30(28,29)26-11-9-25(10-12-26)14-21(27)24-20-8-6-5-7-19(20)23/h5-8,13H,9-12,14H2,1-4H3,(H,24,27)/p+1. The highest BCUT2D eigenvalue weighted by molar-refractivity contribution is 9.10. The lowest BCUT2D eigenvalue weighted by Crippen LogP contribution is -3.15. The van der Waals surface area contributed by atoms with Crippen LogP contribution in [0.5, 0.6) is 0 Å². The molecule has 1 aliphatic heterocycles. The Morgan fingerprint density at radius 1 is 1.07 bits per heavy atom. The van der Waals surface area contributed by atoms with Crippen LogP contribution in [0.25, 0.3) is 0 Å². The number of hydrogen-bond donors (Lipinski definition) is 2. The predicted molar refractivity (Wildman–Crippen MR) is 122 cm³/mol. The van der Waals surface area contributed by atoms with Gasteiger partial charge in [0.05, 0.1) is 36.8 Å². The molecule has 1 heterocycles. The van der Waals surface area contributed by atoms with E-state index >= 15 is 0 Å². The summed E-state index contributed by atoms with van der Waals surface area (Å²) in [6, 6.07) is 9.52. The largest absolute Gasteiger partial charge is 0.325 e. The molecule has 0 spiro atoms. The van der Waals surface area contributed by atoms with Gasteiger partial charge >= 0.3 is 0 Å². The van der Waals surface area contributed by atoms with E-state index in [4.69, 9.17) is 0 Å². The van der Waals surface area contributed by atoms with Crippen molar-refractivity contribution in [3.05, 3.63) is 57.1 Å². The molecule has 2 aromatic carbocycles. The maximum absolute atomic E-state index is 13.4. The Bertz CT molecular complexity index is 1040. The Morgan fingerprint density at radius 2 is 1.63 bits per heavy atom. The van der Waals surface area contributed by atoms with E-state index in [1.165, 1.54) is 0 Å². The summed E-state index contributed by atoms with van der Waals surface area (Å²) in [5, 5.41) is 2.91. The van der Waals surface area contributed by atoms with E-state index in [1.54, 1.807) is 4.31 Å². The number of halogens is 1. The first-order valence-corrected chi connectivity index (χ1v) is 12.3. The number of para-hydroxylation sites is 1. The van der Waals surface area contributed by atoms with Gasteiger partial charge < -0.3 is 10.2 Å². The quantitative estimate of drug-likeness (QED) is 0.669. The maximum Gasteiger partial charge on any atom is 0.279 e. The molecular formula is C22H29BrN3O3S+. The average molecular weight is 495 g/mol. The lowest BCUT2D eigenvalue weighted by atomic mass is 10.0. The monoisotopic (exact) mass is 494 g/mol. The Hall–Kier alpha value is -1.74. The number of hydrogen-bond acceptors (Lipinski definition) is 3. The number of amides is 1. The zero-order valence-corrected chi connectivity index (χ0v) is 20.3. The van der Waals surface area contributed by atoms with Crippen LogP contribution in [-0.4, -0.2) is 51.4 Å². The molecule has 30 heavy (non-hydrogen) atoms. The lowest BCUT2D eigenvalue weighted by molar-refractivity contribution is -0.895. The molecule has 0 atom stereocenters. The molecule has 1 saturated heterocycles. The summed E-state index contributed by atoms with van der Waals surface area (Å²) in [5.41, 5.74) is 4.36. The van der Waals surface area contributed by atoms with Crippen LogP contribution in [0.4, 0.5) is 5.69 Å². The molecule has 0 radical (unpaired) electrons. The first-order chi connectivity index (χ1) is 14.1. The second-order valence-electron chi connectivity index (χ2n) is 7.95. The minimum atomic E-state index is -3.56. The van der Waals surface area contributed by atoms with Gasteiger partial charge in [-0.15, -0.1) is 0 Å². The van der Waals surface area contributed by atoms with Crippen LogP contribution in [0.2, 0.25) is 0 Å². The fraction of sp³-hybridized carbons (Fsp3) is 0.409. The smallest absolute Gasteiger partial charge is 0.279 e. The summed E-state index contributed by atoms with van der Waals surface area (Å²) in [6.45, 7) is 10.00. The minimum Gasteiger partial charge on any atom is -0.325 e. The van der Waals surface area contributed by atoms with E-state index in [2.05, 4.69) is 21.2 Å². The zero-order chi connectivity index (χ0) is 22.1. The third kappa shape index (κ3) is 4.77. The van der Waals surface area contributed by atoms with Crippen molar-refractivity contribution < 1.29 is 18.1 Å². The van der Waals surface area contributed by atoms with Crippen molar-refractivity contribution >= 4 is 37.5 Å². The van der Waals surface area contributed by atoms with Crippen LogP contribution in [0.1, 0.15) is 22.3 Å². The highest BCUT2D eigenvalue weighted by Crippen LogP contribution is 2.28. The van der Waals surface area contributed by atoms with Gasteiger partial charge in [0.2, 0.25) is 10.0 Å². The van der Waals surface area contributed by atoms with Crippen molar-refractivity contribution in [2.24, 2.45) is 0 Å². The first kappa shape index (κ1) is 22.9. The zero-order valence-electron chi connectivity index (χ0n) is 17.9. The number of nitrogens with zero attached hydrogens (tertiary/aromatic N) is 1. The molecule has 8 heteroatoms. The van der Waals surface area contributed by atoms with Crippen LogP contribution in [-0.2, 0) is 14.8 Å². The van der Waals surface area contributed by atoms with Gasteiger partial charge in [-0.1, -0.05) is 18.2 Å². The molecule has 3 rings (SSSR count). The molecule has 0 saturated carbocycles. The molecule has 1 aliphatic rings. The molecule has 0 aromatic heterocycles. The SMILES string of the molecule is Cc1cc(C)c(C)c(S(=O)(=O)N2CC[NH+](CC(=O)Nc3ccccc3Br)CC2)c1C. The Balaban J connectivity index is 1.66. The number of benzene rings is 2. The van der Waals surface area contributed by atoms with E-state index < -0.39 is 10.0 Å². The molecule has 2 aromatic rings. The Labute approximate surface area is 187 Å². The van der Waals surface area contributed by atoms with Gasteiger partial charge in [-0.05, 0) is 78.0 Å². The van der Waals surface area contributed by atoms with E-state index in [-0.39, 0.29) is 5.91 Å². The molecular weight excluding hydrogens is 466 g/mol. The minimum absolute atomic E-state index is 0.0748. The molecule has 6 nitrogen and oxygen atoms in total. The topological polar surface area (TPSA) is 70.9 Å². The molecule has 0 bridgehead atoms. The van der Waals surface area contributed by atoms with Crippen LogP contribution in [0.3, 0.4) is 0 Å². The average Bonchev–Trinajstić information content (AvgIpc) is 2.68. The summed E-state index contributed by atoms with van der Waals surface area (Å²) in [7, 11) is -3.56. The Kier molecular flexibility index (Phi) is 7.02. The third-order valence-electron chi connectivity index (χ3n) is 5.88. The number of aryl methyl sites for hydroxylation is 2. The summed E-state index contributed by atoms with van der Waals surface area (Å²) >= 11 is 3.43. The molecule has 1 fully saturated rings. The normalized spacial score (nSPS) is 15.9. The van der Waals surface area contributed by atoms with Gasteiger partial charge in [-0.25, -0.2) is 8.42 Å². The highest BCUT2D eigenvalue weighted by atomic mass is 79.9. The number of sulfonamides is 1. The van der Waals surface area contributed by atoms with Crippen molar-refractivity contribution in [3.63, 3.8) is 0 Å². The molecule has 0 unspecified atom stereocenters. The fourth-order valence-corrected chi connectivity index (χ4v) is 6.30. The number of carbonyl (C=O) groups excluding carboxylic acids is 1. The van der Waals surface area contributed by atoms with Crippen LogP contribution in [0.15, 0.2) is 39.7 Å². The van der Waals surface area contributed by atoms with Gasteiger partial charge in [0.15, 0.2) is 6.54 Å². The van der Waals surface area contributed by atoms with Crippen LogP contribution < -0.4 is 10.2 Å². The summed E-state index contributed by atoms with van der Waals surface area (Å²) in [6.07, 6.45) is 0.